The van der Waals surface area contributed by atoms with Gasteiger partial charge in [0.2, 0.25) is 5.91 Å². The SMILES string of the molecule is COc1cc(NC(=O)CN2Cc3ccc(-c4cncnc4)nc3C2=O)cc(OC)c1. The average Bonchev–Trinajstić information content (AvgIpc) is 3.08. The molecule has 0 atom stereocenters. The number of amides is 2. The highest BCUT2D eigenvalue weighted by Gasteiger charge is 2.30. The minimum Gasteiger partial charge on any atom is -0.497 e. The Bertz CT molecular complexity index is 1080. The van der Waals surface area contributed by atoms with E-state index in [1.165, 1.54) is 25.4 Å². The molecule has 9 nitrogen and oxygen atoms in total. The van der Waals surface area contributed by atoms with Gasteiger partial charge >= 0.3 is 0 Å². The predicted molar refractivity (Wildman–Crippen MR) is 108 cm³/mol. The highest BCUT2D eigenvalue weighted by molar-refractivity contribution is 6.01. The van der Waals surface area contributed by atoms with Crippen LogP contribution in [-0.4, -0.2) is 52.4 Å². The zero-order valence-electron chi connectivity index (χ0n) is 16.5. The lowest BCUT2D eigenvalue weighted by Crippen LogP contribution is -2.33. The molecule has 152 valence electrons. The van der Waals surface area contributed by atoms with Crippen molar-refractivity contribution in [3.8, 4) is 22.8 Å². The molecule has 3 aromatic rings. The van der Waals surface area contributed by atoms with Gasteiger partial charge in [0, 0.05) is 54.0 Å². The van der Waals surface area contributed by atoms with Crippen LogP contribution >= 0.6 is 0 Å². The fraction of sp³-hybridized carbons (Fsp3) is 0.190. The summed E-state index contributed by atoms with van der Waals surface area (Å²) in [6, 6.07) is 8.72. The summed E-state index contributed by atoms with van der Waals surface area (Å²) in [5.74, 6) is 0.483. The molecule has 1 aliphatic heterocycles. The molecule has 0 radical (unpaired) electrons. The number of anilines is 1. The molecule has 3 heterocycles. The molecule has 0 saturated carbocycles. The Kier molecular flexibility index (Phi) is 5.25. The lowest BCUT2D eigenvalue weighted by Gasteiger charge is -2.15. The third kappa shape index (κ3) is 3.90. The number of aromatic nitrogens is 3. The number of ether oxygens (including phenoxy) is 2. The minimum absolute atomic E-state index is 0.0987. The van der Waals surface area contributed by atoms with E-state index in [9.17, 15) is 9.59 Å². The van der Waals surface area contributed by atoms with Crippen molar-refractivity contribution < 1.29 is 19.1 Å². The number of nitrogens with zero attached hydrogens (tertiary/aromatic N) is 4. The lowest BCUT2D eigenvalue weighted by atomic mass is 10.1. The summed E-state index contributed by atoms with van der Waals surface area (Å²) in [6.45, 7) is 0.222. The number of nitrogens with one attached hydrogen (secondary N) is 1. The van der Waals surface area contributed by atoms with Crippen molar-refractivity contribution in [1.29, 1.82) is 0 Å². The van der Waals surface area contributed by atoms with Crippen molar-refractivity contribution in [2.75, 3.05) is 26.1 Å². The Labute approximate surface area is 172 Å². The predicted octanol–water partition coefficient (Wildman–Crippen LogP) is 2.15. The van der Waals surface area contributed by atoms with Crippen LogP contribution in [0.4, 0.5) is 5.69 Å². The van der Waals surface area contributed by atoms with Gasteiger partial charge in [0.15, 0.2) is 0 Å². The van der Waals surface area contributed by atoms with Crippen LogP contribution in [0.3, 0.4) is 0 Å². The van der Waals surface area contributed by atoms with Crippen molar-refractivity contribution in [2.24, 2.45) is 0 Å². The zero-order chi connectivity index (χ0) is 21.1. The number of methoxy groups -OCH3 is 2. The van der Waals surface area contributed by atoms with Gasteiger partial charge in [-0.05, 0) is 6.07 Å². The maximum atomic E-state index is 12.8. The molecular formula is C21H19N5O4. The number of carbonyl (C=O) groups excluding carboxylic acids is 2. The normalized spacial score (nSPS) is 12.5. The monoisotopic (exact) mass is 405 g/mol. The highest BCUT2D eigenvalue weighted by atomic mass is 16.5. The summed E-state index contributed by atoms with van der Waals surface area (Å²) in [4.78, 5) is 39.2. The lowest BCUT2D eigenvalue weighted by molar-refractivity contribution is -0.116. The van der Waals surface area contributed by atoms with Gasteiger partial charge in [-0.2, -0.15) is 0 Å². The molecule has 1 aromatic carbocycles. The van der Waals surface area contributed by atoms with Crippen molar-refractivity contribution in [3.63, 3.8) is 0 Å². The summed E-state index contributed by atoms with van der Waals surface area (Å²) >= 11 is 0. The maximum Gasteiger partial charge on any atom is 0.273 e. The smallest absolute Gasteiger partial charge is 0.273 e. The summed E-state index contributed by atoms with van der Waals surface area (Å²) in [5, 5.41) is 2.77. The van der Waals surface area contributed by atoms with Crippen molar-refractivity contribution in [3.05, 3.63) is 60.3 Å². The standard InChI is InChI=1S/C21H19N5O4/c1-29-16-5-15(6-17(7-16)30-2)24-19(27)11-26-10-13-3-4-18(25-20(13)21(26)28)14-8-22-12-23-9-14/h3-9,12H,10-11H2,1-2H3,(H,24,27). The second-order valence-corrected chi connectivity index (χ2v) is 6.64. The molecule has 0 fully saturated rings. The number of fused-ring (bicyclic) bond motifs is 1. The first-order valence-electron chi connectivity index (χ1n) is 9.15. The fourth-order valence-electron chi connectivity index (χ4n) is 3.20. The van der Waals surface area contributed by atoms with E-state index in [0.29, 0.717) is 35.1 Å². The van der Waals surface area contributed by atoms with E-state index in [1.807, 2.05) is 12.1 Å². The van der Waals surface area contributed by atoms with E-state index in [4.69, 9.17) is 9.47 Å². The number of benzene rings is 1. The quantitative estimate of drug-likeness (QED) is 0.670. The molecule has 2 aromatic heterocycles. The second kappa shape index (κ2) is 8.16. The number of hydrogen-bond donors (Lipinski definition) is 1. The minimum atomic E-state index is -0.330. The third-order valence-corrected chi connectivity index (χ3v) is 4.66. The molecule has 30 heavy (non-hydrogen) atoms. The van der Waals surface area contributed by atoms with Crippen LogP contribution in [0.15, 0.2) is 49.1 Å². The van der Waals surface area contributed by atoms with Gasteiger partial charge in [-0.1, -0.05) is 6.07 Å². The van der Waals surface area contributed by atoms with E-state index >= 15 is 0 Å². The molecule has 0 spiro atoms. The van der Waals surface area contributed by atoms with Crippen LogP contribution in [0.5, 0.6) is 11.5 Å². The Morgan fingerprint density at radius 3 is 2.47 bits per heavy atom. The van der Waals surface area contributed by atoms with Gasteiger partial charge in [-0.25, -0.2) is 15.0 Å². The van der Waals surface area contributed by atoms with Crippen LogP contribution < -0.4 is 14.8 Å². The Morgan fingerprint density at radius 2 is 1.80 bits per heavy atom. The Hall–Kier alpha value is -4.01. The molecule has 1 N–H and O–H groups in total. The van der Waals surface area contributed by atoms with Crippen LogP contribution in [0.2, 0.25) is 0 Å². The first-order chi connectivity index (χ1) is 14.6. The largest absolute Gasteiger partial charge is 0.497 e. The van der Waals surface area contributed by atoms with E-state index in [2.05, 4.69) is 20.3 Å². The van der Waals surface area contributed by atoms with Gasteiger partial charge in [-0.3, -0.25) is 9.59 Å². The first-order valence-corrected chi connectivity index (χ1v) is 9.15. The topological polar surface area (TPSA) is 107 Å². The van der Waals surface area contributed by atoms with E-state index < -0.39 is 0 Å². The van der Waals surface area contributed by atoms with Crippen LogP contribution in [0.25, 0.3) is 11.3 Å². The van der Waals surface area contributed by atoms with Gasteiger partial charge < -0.3 is 19.7 Å². The average molecular weight is 405 g/mol. The molecule has 0 unspecified atom stereocenters. The molecule has 0 bridgehead atoms. The van der Waals surface area contributed by atoms with Gasteiger partial charge in [0.1, 0.15) is 30.1 Å². The van der Waals surface area contributed by atoms with Gasteiger partial charge in [0.25, 0.3) is 5.91 Å². The first kappa shape index (κ1) is 19.3. The van der Waals surface area contributed by atoms with E-state index in [0.717, 1.165) is 11.1 Å². The van der Waals surface area contributed by atoms with Crippen molar-refractivity contribution in [1.82, 2.24) is 19.9 Å². The number of pyridine rings is 1. The van der Waals surface area contributed by atoms with Crippen LogP contribution in [0.1, 0.15) is 16.1 Å². The maximum absolute atomic E-state index is 12.8. The Morgan fingerprint density at radius 1 is 1.10 bits per heavy atom. The third-order valence-electron chi connectivity index (χ3n) is 4.66. The van der Waals surface area contributed by atoms with Crippen LogP contribution in [0, 0.1) is 0 Å². The summed E-state index contributed by atoms with van der Waals surface area (Å²) < 4.78 is 10.4. The molecule has 0 aliphatic carbocycles. The number of rotatable bonds is 6. The zero-order valence-corrected chi connectivity index (χ0v) is 16.5. The number of carbonyl (C=O) groups is 2. The summed E-state index contributed by atoms with van der Waals surface area (Å²) in [6.07, 6.45) is 4.70. The molecule has 2 amide bonds. The van der Waals surface area contributed by atoms with E-state index in [1.54, 1.807) is 30.6 Å². The van der Waals surface area contributed by atoms with Crippen LogP contribution in [-0.2, 0) is 11.3 Å². The summed E-state index contributed by atoms with van der Waals surface area (Å²) in [7, 11) is 3.06. The summed E-state index contributed by atoms with van der Waals surface area (Å²) in [5.41, 5.74) is 2.96. The number of hydrogen-bond acceptors (Lipinski definition) is 7. The molecule has 0 saturated heterocycles. The van der Waals surface area contributed by atoms with Gasteiger partial charge in [-0.15, -0.1) is 0 Å². The molecule has 9 heteroatoms. The van der Waals surface area contributed by atoms with Crippen molar-refractivity contribution in [2.45, 2.75) is 6.54 Å². The molecular weight excluding hydrogens is 386 g/mol. The second-order valence-electron chi connectivity index (χ2n) is 6.64. The Balaban J connectivity index is 1.47. The molecule has 1 aliphatic rings. The molecule has 4 rings (SSSR count). The fourth-order valence-corrected chi connectivity index (χ4v) is 3.20. The van der Waals surface area contributed by atoms with Gasteiger partial charge in [0.05, 0.1) is 19.9 Å². The highest BCUT2D eigenvalue weighted by Crippen LogP contribution is 2.27. The van der Waals surface area contributed by atoms with Crippen molar-refractivity contribution >= 4 is 17.5 Å². The van der Waals surface area contributed by atoms with E-state index in [-0.39, 0.29) is 18.4 Å².